The van der Waals surface area contributed by atoms with Crippen LogP contribution in [0.25, 0.3) is 0 Å². The van der Waals surface area contributed by atoms with E-state index in [1.807, 2.05) is 42.5 Å². The lowest BCUT2D eigenvalue weighted by Crippen LogP contribution is -2.31. The van der Waals surface area contributed by atoms with E-state index in [-0.39, 0.29) is 28.6 Å². The van der Waals surface area contributed by atoms with Crippen molar-refractivity contribution in [1.82, 2.24) is 10.3 Å². The highest BCUT2D eigenvalue weighted by atomic mass is 35.5. The van der Waals surface area contributed by atoms with Gasteiger partial charge < -0.3 is 5.32 Å². The zero-order valence-corrected chi connectivity index (χ0v) is 19.7. The minimum Gasteiger partial charge on any atom is -0.346 e. The first-order chi connectivity index (χ1) is 16.4. The Balaban J connectivity index is 1.66. The van der Waals surface area contributed by atoms with Gasteiger partial charge in [0.2, 0.25) is 0 Å². The number of benzene rings is 3. The largest absolute Gasteiger partial charge is 0.346 e. The summed E-state index contributed by atoms with van der Waals surface area (Å²) in [5, 5.41) is 2.90. The Morgan fingerprint density at radius 3 is 2.24 bits per heavy atom. The first-order valence-corrected chi connectivity index (χ1v) is 12.4. The maximum Gasteiger partial charge on any atom is 0.264 e. The Hall–Kier alpha value is -3.68. The van der Waals surface area contributed by atoms with Gasteiger partial charge in [-0.25, -0.2) is 8.42 Å². The third-order valence-corrected chi connectivity index (χ3v) is 7.24. The number of carbonyl (C=O) groups excluding carboxylic acids is 1. The molecule has 6 nitrogen and oxygen atoms in total. The number of rotatable bonds is 8. The fraction of sp³-hybridized carbons (Fsp3) is 0.0769. The number of amides is 1. The number of nitrogens with zero attached hydrogens (tertiary/aromatic N) is 2. The van der Waals surface area contributed by atoms with E-state index in [4.69, 9.17) is 11.6 Å². The van der Waals surface area contributed by atoms with Gasteiger partial charge in [0.1, 0.15) is 0 Å². The maximum absolute atomic E-state index is 13.7. The maximum atomic E-state index is 13.7. The van der Waals surface area contributed by atoms with Crippen molar-refractivity contribution in [2.24, 2.45) is 0 Å². The van der Waals surface area contributed by atoms with Gasteiger partial charge in [0.25, 0.3) is 15.9 Å². The first kappa shape index (κ1) is 23.5. The monoisotopic (exact) mass is 491 g/mol. The van der Waals surface area contributed by atoms with Crippen molar-refractivity contribution >= 4 is 33.2 Å². The molecule has 0 aliphatic carbocycles. The molecule has 4 rings (SSSR count). The summed E-state index contributed by atoms with van der Waals surface area (Å²) in [6, 6.07) is 27.7. The number of halogens is 1. The molecule has 0 saturated carbocycles. The van der Waals surface area contributed by atoms with Crippen molar-refractivity contribution in [2.45, 2.75) is 18.0 Å². The molecule has 0 saturated heterocycles. The Labute approximate surface area is 203 Å². The fourth-order valence-corrected chi connectivity index (χ4v) is 5.08. The molecule has 1 N–H and O–H groups in total. The molecular weight excluding hydrogens is 470 g/mol. The molecule has 0 fully saturated rings. The Bertz CT molecular complexity index is 1370. The Morgan fingerprint density at radius 2 is 1.56 bits per heavy atom. The highest BCUT2D eigenvalue weighted by Crippen LogP contribution is 2.28. The number of aromatic nitrogens is 1. The van der Waals surface area contributed by atoms with Gasteiger partial charge in [0.05, 0.1) is 40.0 Å². The van der Waals surface area contributed by atoms with Crippen LogP contribution in [0.3, 0.4) is 0 Å². The quantitative estimate of drug-likeness (QED) is 0.373. The highest BCUT2D eigenvalue weighted by Gasteiger charge is 2.27. The summed E-state index contributed by atoms with van der Waals surface area (Å²) in [6.07, 6.45) is 1.63. The van der Waals surface area contributed by atoms with E-state index in [1.54, 1.807) is 42.6 Å². The number of nitrogens with one attached hydrogen (secondary N) is 1. The smallest absolute Gasteiger partial charge is 0.264 e. The molecule has 0 atom stereocenters. The lowest BCUT2D eigenvalue weighted by molar-refractivity contribution is 0.0950. The molecule has 8 heteroatoms. The Kier molecular flexibility index (Phi) is 7.25. The van der Waals surface area contributed by atoms with E-state index in [0.717, 1.165) is 5.56 Å². The number of hydrogen-bond acceptors (Lipinski definition) is 4. The normalized spacial score (nSPS) is 11.1. The van der Waals surface area contributed by atoms with Crippen LogP contribution in [0.4, 0.5) is 5.69 Å². The number of pyridine rings is 1. The molecule has 0 aliphatic heterocycles. The molecule has 0 spiro atoms. The van der Waals surface area contributed by atoms with Crippen LogP contribution >= 0.6 is 11.6 Å². The van der Waals surface area contributed by atoms with Crippen LogP contribution in [0.5, 0.6) is 0 Å². The van der Waals surface area contributed by atoms with Crippen LogP contribution in [0, 0.1) is 0 Å². The van der Waals surface area contributed by atoms with Gasteiger partial charge >= 0.3 is 0 Å². The molecule has 0 radical (unpaired) electrons. The molecule has 0 bridgehead atoms. The third kappa shape index (κ3) is 5.44. The number of anilines is 1. The van der Waals surface area contributed by atoms with Gasteiger partial charge in [-0.05, 0) is 48.0 Å². The molecule has 34 heavy (non-hydrogen) atoms. The summed E-state index contributed by atoms with van der Waals surface area (Å²) < 4.78 is 28.8. The minimum atomic E-state index is -4.01. The van der Waals surface area contributed by atoms with E-state index in [0.29, 0.717) is 11.4 Å². The fourth-order valence-electron chi connectivity index (χ4n) is 3.39. The van der Waals surface area contributed by atoms with Crippen molar-refractivity contribution in [1.29, 1.82) is 0 Å². The number of sulfonamides is 1. The van der Waals surface area contributed by atoms with Crippen LogP contribution in [0.1, 0.15) is 21.6 Å². The second-order valence-corrected chi connectivity index (χ2v) is 9.75. The van der Waals surface area contributed by atoms with E-state index in [2.05, 4.69) is 10.3 Å². The predicted octanol–water partition coefficient (Wildman–Crippen LogP) is 5.06. The number of para-hydroxylation sites is 1. The summed E-state index contributed by atoms with van der Waals surface area (Å²) in [5.74, 6) is -0.484. The SMILES string of the molecule is O=C(NCc1ccccn1)c1cc(S(=O)(=O)N(Cc2ccccc2)c2ccccc2)ccc1Cl. The van der Waals surface area contributed by atoms with Crippen molar-refractivity contribution in [2.75, 3.05) is 4.31 Å². The molecule has 0 aliphatic rings. The van der Waals surface area contributed by atoms with E-state index >= 15 is 0 Å². The van der Waals surface area contributed by atoms with Crippen LogP contribution in [0.2, 0.25) is 5.02 Å². The topological polar surface area (TPSA) is 79.4 Å². The molecule has 0 unspecified atom stereocenters. The lowest BCUT2D eigenvalue weighted by atomic mass is 10.2. The summed E-state index contributed by atoms with van der Waals surface area (Å²) >= 11 is 6.26. The summed E-state index contributed by atoms with van der Waals surface area (Å²) in [4.78, 5) is 17.0. The van der Waals surface area contributed by atoms with Gasteiger partial charge in [0, 0.05) is 6.20 Å². The van der Waals surface area contributed by atoms with Crippen molar-refractivity contribution in [3.8, 4) is 0 Å². The van der Waals surface area contributed by atoms with Crippen LogP contribution < -0.4 is 9.62 Å². The molecular formula is C26H22ClN3O3S. The van der Waals surface area contributed by atoms with Gasteiger partial charge in [-0.1, -0.05) is 66.2 Å². The van der Waals surface area contributed by atoms with Gasteiger partial charge in [-0.15, -0.1) is 0 Å². The standard InChI is InChI=1S/C26H22ClN3O3S/c27-25-15-14-23(17-24(25)26(31)29-18-21-11-7-8-16-28-21)34(32,33)30(22-12-5-2-6-13-22)19-20-9-3-1-4-10-20/h1-17H,18-19H2,(H,29,31). The summed E-state index contributed by atoms with van der Waals surface area (Å²) in [6.45, 7) is 0.328. The highest BCUT2D eigenvalue weighted by molar-refractivity contribution is 7.92. The average molecular weight is 492 g/mol. The lowest BCUT2D eigenvalue weighted by Gasteiger charge is -2.25. The Morgan fingerprint density at radius 1 is 0.882 bits per heavy atom. The van der Waals surface area contributed by atoms with Gasteiger partial charge in [-0.3, -0.25) is 14.1 Å². The minimum absolute atomic E-state index is 0.0281. The van der Waals surface area contributed by atoms with Crippen LogP contribution in [-0.4, -0.2) is 19.3 Å². The molecule has 1 amide bonds. The second-order valence-electron chi connectivity index (χ2n) is 7.48. The van der Waals surface area contributed by atoms with Crippen LogP contribution in [0.15, 0.2) is 108 Å². The molecule has 1 aromatic heterocycles. The third-order valence-electron chi connectivity index (χ3n) is 5.14. The summed E-state index contributed by atoms with van der Waals surface area (Å²) in [5.41, 5.74) is 2.10. The molecule has 172 valence electrons. The zero-order chi connectivity index (χ0) is 24.0. The van der Waals surface area contributed by atoms with Gasteiger partial charge in [-0.2, -0.15) is 0 Å². The second kappa shape index (κ2) is 10.5. The molecule has 1 heterocycles. The molecule has 4 aromatic rings. The number of hydrogen-bond donors (Lipinski definition) is 1. The van der Waals surface area contributed by atoms with Crippen LogP contribution in [-0.2, 0) is 23.1 Å². The zero-order valence-electron chi connectivity index (χ0n) is 18.1. The van der Waals surface area contributed by atoms with E-state index in [1.165, 1.54) is 22.5 Å². The van der Waals surface area contributed by atoms with E-state index < -0.39 is 15.9 Å². The molecule has 3 aromatic carbocycles. The first-order valence-electron chi connectivity index (χ1n) is 10.5. The number of carbonyl (C=O) groups is 1. The van der Waals surface area contributed by atoms with Crippen molar-refractivity contribution < 1.29 is 13.2 Å². The van der Waals surface area contributed by atoms with E-state index in [9.17, 15) is 13.2 Å². The van der Waals surface area contributed by atoms with Crippen molar-refractivity contribution in [3.05, 3.63) is 125 Å². The van der Waals surface area contributed by atoms with Gasteiger partial charge in [0.15, 0.2) is 0 Å². The van der Waals surface area contributed by atoms with Crippen molar-refractivity contribution in [3.63, 3.8) is 0 Å². The predicted molar refractivity (Wildman–Crippen MR) is 133 cm³/mol. The average Bonchev–Trinajstić information content (AvgIpc) is 2.87. The summed E-state index contributed by atoms with van der Waals surface area (Å²) in [7, 11) is -4.01.